The van der Waals surface area contributed by atoms with Crippen LogP contribution in [0.4, 0.5) is 0 Å². The summed E-state index contributed by atoms with van der Waals surface area (Å²) in [7, 11) is 14.4. The Balaban J connectivity index is 1.84. The molecule has 0 bridgehead atoms. The Labute approximate surface area is 173 Å². The van der Waals surface area contributed by atoms with Crippen molar-refractivity contribution < 1.29 is 11.5 Å². The summed E-state index contributed by atoms with van der Waals surface area (Å²) in [6.07, 6.45) is 8.56. The molecule has 27 heavy (non-hydrogen) atoms. The second kappa shape index (κ2) is 6.46. The summed E-state index contributed by atoms with van der Waals surface area (Å²) >= 11 is -2.96. The third-order valence-electron chi connectivity index (χ3n) is 5.86. The Morgan fingerprint density at radius 1 is 1.04 bits per heavy atom. The van der Waals surface area contributed by atoms with Crippen LogP contribution in [0, 0.1) is 19.3 Å². The van der Waals surface area contributed by atoms with Crippen molar-refractivity contribution in [2.75, 3.05) is 3.99 Å². The summed E-state index contributed by atoms with van der Waals surface area (Å²) in [5.41, 5.74) is 5.03. The van der Waals surface area contributed by atoms with Crippen LogP contribution in [0.25, 0.3) is 0 Å². The Morgan fingerprint density at radius 3 is 2.22 bits per heavy atom. The van der Waals surface area contributed by atoms with Gasteiger partial charge in [-0.15, -0.1) is 0 Å². The van der Waals surface area contributed by atoms with Crippen LogP contribution in [0.15, 0.2) is 66.3 Å². The van der Waals surface area contributed by atoms with Gasteiger partial charge in [-0.2, -0.15) is 0 Å². The number of aromatic nitrogens is 1. The molecule has 2 aliphatic rings. The van der Waals surface area contributed by atoms with Crippen molar-refractivity contribution in [2.24, 2.45) is 5.41 Å². The molecule has 0 N–H and O–H groups in total. The van der Waals surface area contributed by atoms with Crippen LogP contribution >= 0.6 is 20.1 Å². The maximum atomic E-state index is 7.20. The van der Waals surface area contributed by atoms with Crippen molar-refractivity contribution in [2.45, 2.75) is 44.9 Å². The van der Waals surface area contributed by atoms with Gasteiger partial charge in [0.15, 0.2) is 0 Å². The molecule has 1 aromatic heterocycles. The Hall–Kier alpha value is -1.11. The quantitative estimate of drug-likeness (QED) is 0.476. The first kappa shape index (κ1) is 19.2. The number of benzene rings is 1. The van der Waals surface area contributed by atoms with Crippen molar-refractivity contribution in [3.63, 3.8) is 0 Å². The minimum absolute atomic E-state index is 0.00938. The van der Waals surface area contributed by atoms with Crippen LogP contribution in [-0.4, -0.2) is 4.68 Å². The van der Waals surface area contributed by atoms with Gasteiger partial charge in [0, 0.05) is 0 Å². The summed E-state index contributed by atoms with van der Waals surface area (Å²) in [5, 5.41) is 0. The normalized spacial score (nSPS) is 24.8. The molecule has 2 heterocycles. The van der Waals surface area contributed by atoms with Gasteiger partial charge in [-0.05, 0) is 0 Å². The summed E-state index contributed by atoms with van der Waals surface area (Å²) in [4.78, 5) is 0. The number of nitrogens with zero attached hydrogens (tertiary/aromatic N) is 2. The molecule has 1 atom stereocenters. The molecule has 0 amide bonds. The van der Waals surface area contributed by atoms with Crippen LogP contribution in [0.5, 0.6) is 0 Å². The van der Waals surface area contributed by atoms with E-state index in [-0.39, 0.29) is 9.82 Å². The number of hydrogen-bond donors (Lipinski definition) is 0. The third kappa shape index (κ3) is 2.83. The zero-order valence-corrected chi connectivity index (χ0v) is 19.0. The zero-order valence-electron chi connectivity index (χ0n) is 16.2. The predicted octanol–water partition coefficient (Wildman–Crippen LogP) is 6.59. The predicted molar refractivity (Wildman–Crippen MR) is 112 cm³/mol. The van der Waals surface area contributed by atoms with Gasteiger partial charge in [0.05, 0.1) is 0 Å². The molecule has 144 valence electrons. The number of halogens is 2. The minimum atomic E-state index is -2.96. The van der Waals surface area contributed by atoms with Crippen molar-refractivity contribution in [1.29, 1.82) is 0 Å². The molecule has 2 nitrogen and oxygen atoms in total. The van der Waals surface area contributed by atoms with E-state index in [9.17, 15) is 0 Å². The van der Waals surface area contributed by atoms with E-state index in [2.05, 4.69) is 97.1 Å². The number of aryl methyl sites for hydroxylation is 2. The molecule has 1 aliphatic carbocycles. The van der Waals surface area contributed by atoms with Crippen molar-refractivity contribution >= 4 is 20.1 Å². The standard InChI is InChI=1S/C22H26N2.2ClH.Cr/c1-17-14-15-18(2)24(17)23-21(19-10-6-5-7-11-19)16-22(3,4)20-12-8-9-13-20;;;/h5-12,14-15H,13,16H2,1-4H3;2*1H;/q-1;;;+3/p-2. The molecule has 1 saturated heterocycles. The Bertz CT molecular complexity index is 908. The van der Waals surface area contributed by atoms with Crippen LogP contribution in [0.3, 0.4) is 0 Å². The van der Waals surface area contributed by atoms with Gasteiger partial charge in [-0.1, -0.05) is 0 Å². The molecule has 1 unspecified atom stereocenters. The van der Waals surface area contributed by atoms with E-state index in [4.69, 9.17) is 20.1 Å². The summed E-state index contributed by atoms with van der Waals surface area (Å²) in [6.45, 7) is 8.89. The fraction of sp³-hybridized carbons (Fsp3) is 0.364. The van der Waals surface area contributed by atoms with Gasteiger partial charge in [0.1, 0.15) is 0 Å². The molecule has 1 aliphatic heterocycles. The number of hydrogen-bond acceptors (Lipinski definition) is 1. The molecular formula is C22H26Cl2CrN2. The molecule has 0 spiro atoms. The molecule has 1 aromatic carbocycles. The summed E-state index contributed by atoms with van der Waals surface area (Å²) < 4.78 is 4.21. The average molecular weight is 441 g/mol. The fourth-order valence-corrected chi connectivity index (χ4v) is 11.7. The SMILES string of the molecule is Cc1ccc(C)n1[N]1[C](CC(C)(C)C2=CC=CC2)(c2ccccc2)[Cr]1([Cl])[Cl]. The van der Waals surface area contributed by atoms with E-state index in [0.29, 0.717) is 0 Å². The first-order chi connectivity index (χ1) is 12.7. The van der Waals surface area contributed by atoms with Crippen molar-refractivity contribution in [3.05, 3.63) is 83.2 Å². The Kier molecular flexibility index (Phi) is 4.60. The number of rotatable bonds is 5. The molecule has 0 saturated carbocycles. The van der Waals surface area contributed by atoms with Gasteiger partial charge in [-0.25, -0.2) is 0 Å². The Morgan fingerprint density at radius 2 is 1.67 bits per heavy atom. The topological polar surface area (TPSA) is 7.94 Å². The van der Waals surface area contributed by atoms with E-state index in [0.717, 1.165) is 12.8 Å². The van der Waals surface area contributed by atoms with Gasteiger partial charge < -0.3 is 0 Å². The summed E-state index contributed by atoms with van der Waals surface area (Å²) in [6, 6.07) is 14.9. The summed E-state index contributed by atoms with van der Waals surface area (Å²) in [5.74, 6) is 0. The van der Waals surface area contributed by atoms with E-state index in [1.807, 2.05) is 0 Å². The van der Waals surface area contributed by atoms with Crippen molar-refractivity contribution in [3.8, 4) is 0 Å². The van der Waals surface area contributed by atoms with E-state index < -0.39 is 11.5 Å². The van der Waals surface area contributed by atoms with Crippen LogP contribution in [0.2, 0.25) is 0 Å². The van der Waals surface area contributed by atoms with Crippen molar-refractivity contribution in [1.82, 2.24) is 4.68 Å². The molecule has 1 fully saturated rings. The van der Waals surface area contributed by atoms with E-state index in [1.54, 1.807) is 0 Å². The molecule has 4 rings (SSSR count). The molecule has 0 radical (unpaired) electrons. The van der Waals surface area contributed by atoms with Crippen LogP contribution in [-0.2, 0) is 15.9 Å². The maximum absolute atomic E-state index is 7.20. The first-order valence-electron chi connectivity index (χ1n) is 9.31. The van der Waals surface area contributed by atoms with Gasteiger partial charge >= 0.3 is 174 Å². The monoisotopic (exact) mass is 440 g/mol. The average Bonchev–Trinajstić information content (AvgIpc) is 3.09. The molecule has 5 heteroatoms. The second-order valence-corrected chi connectivity index (χ2v) is 15.5. The van der Waals surface area contributed by atoms with Crippen LogP contribution in [0.1, 0.15) is 43.6 Å². The first-order valence-corrected chi connectivity index (χ1v) is 14.0. The third-order valence-corrected chi connectivity index (χ3v) is 12.3. The van der Waals surface area contributed by atoms with Gasteiger partial charge in [0.2, 0.25) is 0 Å². The van der Waals surface area contributed by atoms with Gasteiger partial charge in [0.25, 0.3) is 0 Å². The second-order valence-electron chi connectivity index (χ2n) is 8.18. The number of allylic oxidation sites excluding steroid dienone is 4. The fourth-order valence-electron chi connectivity index (χ4n) is 4.35. The van der Waals surface area contributed by atoms with Gasteiger partial charge in [-0.3, -0.25) is 0 Å². The zero-order chi connectivity index (χ0) is 19.4. The van der Waals surface area contributed by atoms with Crippen LogP contribution < -0.4 is 3.99 Å². The molecule has 2 aromatic rings. The molecular weight excluding hydrogens is 415 g/mol. The van der Waals surface area contributed by atoms with E-state index >= 15 is 0 Å². The van der Waals surface area contributed by atoms with E-state index in [1.165, 1.54) is 22.5 Å².